The SMILES string of the molecule is CCC(C(=O)OCC(=O)Nc1ncc(C(F)(F)F)cc1Cl)c1ccccc1. The Kier molecular flexibility index (Phi) is 6.79. The first kappa shape index (κ1) is 20.7. The molecule has 0 aliphatic heterocycles. The summed E-state index contributed by atoms with van der Waals surface area (Å²) >= 11 is 5.71. The first-order valence-corrected chi connectivity index (χ1v) is 8.34. The Hall–Kier alpha value is -2.61. The molecule has 0 saturated heterocycles. The Morgan fingerprint density at radius 3 is 2.48 bits per heavy atom. The Labute approximate surface area is 158 Å². The van der Waals surface area contributed by atoms with Crippen molar-refractivity contribution in [3.63, 3.8) is 0 Å². The molecule has 27 heavy (non-hydrogen) atoms. The maximum atomic E-state index is 12.6. The summed E-state index contributed by atoms with van der Waals surface area (Å²) in [5.41, 5.74) is -0.275. The molecule has 144 valence electrons. The van der Waals surface area contributed by atoms with Gasteiger partial charge in [0.15, 0.2) is 12.4 Å². The highest BCUT2D eigenvalue weighted by molar-refractivity contribution is 6.33. The average Bonchev–Trinajstić information content (AvgIpc) is 2.62. The summed E-state index contributed by atoms with van der Waals surface area (Å²) in [5.74, 6) is -2.11. The van der Waals surface area contributed by atoms with Gasteiger partial charge >= 0.3 is 12.1 Å². The van der Waals surface area contributed by atoms with E-state index in [0.29, 0.717) is 18.7 Å². The Morgan fingerprint density at radius 2 is 1.93 bits per heavy atom. The number of esters is 1. The minimum absolute atomic E-state index is 0.249. The molecule has 1 N–H and O–H groups in total. The van der Waals surface area contributed by atoms with E-state index >= 15 is 0 Å². The van der Waals surface area contributed by atoms with Gasteiger partial charge < -0.3 is 10.1 Å². The molecule has 0 aliphatic carbocycles. The lowest BCUT2D eigenvalue weighted by atomic mass is 9.97. The molecule has 1 unspecified atom stereocenters. The van der Waals surface area contributed by atoms with Gasteiger partial charge in [-0.1, -0.05) is 48.9 Å². The molecule has 1 aromatic carbocycles. The molecule has 2 aromatic rings. The fraction of sp³-hybridized carbons (Fsp3) is 0.278. The van der Waals surface area contributed by atoms with Crippen LogP contribution in [-0.4, -0.2) is 23.5 Å². The quantitative estimate of drug-likeness (QED) is 0.728. The van der Waals surface area contributed by atoms with E-state index in [9.17, 15) is 22.8 Å². The molecule has 0 aliphatic rings. The van der Waals surface area contributed by atoms with Crippen LogP contribution in [0.2, 0.25) is 5.02 Å². The van der Waals surface area contributed by atoms with Crippen LogP contribution in [0.4, 0.5) is 19.0 Å². The van der Waals surface area contributed by atoms with Gasteiger partial charge in [-0.15, -0.1) is 0 Å². The second-order valence-corrected chi connectivity index (χ2v) is 5.99. The number of amides is 1. The summed E-state index contributed by atoms with van der Waals surface area (Å²) in [6, 6.07) is 9.60. The number of benzene rings is 1. The van der Waals surface area contributed by atoms with Crippen molar-refractivity contribution in [2.24, 2.45) is 0 Å². The van der Waals surface area contributed by atoms with Crippen molar-refractivity contribution in [3.05, 3.63) is 58.7 Å². The average molecular weight is 401 g/mol. The number of hydrogen-bond acceptors (Lipinski definition) is 4. The molecule has 2 rings (SSSR count). The van der Waals surface area contributed by atoms with E-state index in [1.807, 2.05) is 13.0 Å². The van der Waals surface area contributed by atoms with Crippen LogP contribution < -0.4 is 5.32 Å². The number of nitrogens with zero attached hydrogens (tertiary/aromatic N) is 1. The Balaban J connectivity index is 1.95. The molecular formula is C18H16ClF3N2O3. The predicted molar refractivity (Wildman–Crippen MR) is 93.3 cm³/mol. The number of carbonyl (C=O) groups excluding carboxylic acids is 2. The lowest BCUT2D eigenvalue weighted by molar-refractivity contribution is -0.149. The first-order valence-electron chi connectivity index (χ1n) is 7.96. The van der Waals surface area contributed by atoms with Crippen molar-refractivity contribution >= 4 is 29.3 Å². The summed E-state index contributed by atoms with van der Waals surface area (Å²) in [4.78, 5) is 27.6. The van der Waals surface area contributed by atoms with E-state index in [-0.39, 0.29) is 10.8 Å². The third-order valence-electron chi connectivity index (χ3n) is 3.67. The van der Waals surface area contributed by atoms with E-state index in [2.05, 4.69) is 10.3 Å². The number of nitrogens with one attached hydrogen (secondary N) is 1. The number of anilines is 1. The first-order chi connectivity index (χ1) is 12.7. The number of rotatable bonds is 6. The Bertz CT molecular complexity index is 813. The largest absolute Gasteiger partial charge is 0.455 e. The van der Waals surface area contributed by atoms with Gasteiger partial charge in [-0.05, 0) is 18.1 Å². The van der Waals surface area contributed by atoms with Crippen LogP contribution in [-0.2, 0) is 20.5 Å². The maximum Gasteiger partial charge on any atom is 0.417 e. The zero-order chi connectivity index (χ0) is 20.0. The fourth-order valence-electron chi connectivity index (χ4n) is 2.31. The highest BCUT2D eigenvalue weighted by Gasteiger charge is 2.31. The van der Waals surface area contributed by atoms with Gasteiger partial charge in [0.25, 0.3) is 5.91 Å². The van der Waals surface area contributed by atoms with Gasteiger partial charge in [0, 0.05) is 6.20 Å². The van der Waals surface area contributed by atoms with Crippen LogP contribution in [0.15, 0.2) is 42.6 Å². The van der Waals surface area contributed by atoms with Crippen molar-refractivity contribution in [3.8, 4) is 0 Å². The summed E-state index contributed by atoms with van der Waals surface area (Å²) in [6.45, 7) is 1.20. The third kappa shape index (κ3) is 5.68. The monoisotopic (exact) mass is 400 g/mol. The normalized spacial score (nSPS) is 12.3. The smallest absolute Gasteiger partial charge is 0.417 e. The van der Waals surface area contributed by atoms with Gasteiger partial charge in [-0.25, -0.2) is 4.98 Å². The molecular weight excluding hydrogens is 385 g/mol. The molecule has 1 aromatic heterocycles. The molecule has 1 heterocycles. The minimum atomic E-state index is -4.60. The van der Waals surface area contributed by atoms with Gasteiger partial charge in [-0.2, -0.15) is 13.2 Å². The molecule has 0 fully saturated rings. The lowest BCUT2D eigenvalue weighted by Gasteiger charge is -2.14. The molecule has 0 bridgehead atoms. The Morgan fingerprint density at radius 1 is 1.26 bits per heavy atom. The summed E-state index contributed by atoms with van der Waals surface area (Å²) in [5, 5.41) is 1.84. The van der Waals surface area contributed by atoms with Crippen LogP contribution >= 0.6 is 11.6 Å². The van der Waals surface area contributed by atoms with Gasteiger partial charge in [-0.3, -0.25) is 9.59 Å². The van der Waals surface area contributed by atoms with E-state index in [4.69, 9.17) is 16.3 Å². The number of aromatic nitrogens is 1. The molecule has 0 radical (unpaired) electrons. The van der Waals surface area contributed by atoms with Crippen LogP contribution in [0.1, 0.15) is 30.4 Å². The summed E-state index contributed by atoms with van der Waals surface area (Å²) in [7, 11) is 0. The van der Waals surface area contributed by atoms with E-state index in [1.165, 1.54) is 0 Å². The number of carbonyl (C=O) groups is 2. The molecule has 0 spiro atoms. The van der Waals surface area contributed by atoms with Crippen molar-refractivity contribution in [1.82, 2.24) is 4.98 Å². The second-order valence-electron chi connectivity index (χ2n) is 5.58. The fourth-order valence-corrected chi connectivity index (χ4v) is 2.53. The van der Waals surface area contributed by atoms with Crippen LogP contribution in [0.5, 0.6) is 0 Å². The third-order valence-corrected chi connectivity index (χ3v) is 3.95. The molecule has 5 nitrogen and oxygen atoms in total. The van der Waals surface area contributed by atoms with Crippen molar-refractivity contribution in [2.75, 3.05) is 11.9 Å². The van der Waals surface area contributed by atoms with Crippen molar-refractivity contribution in [1.29, 1.82) is 0 Å². The second kappa shape index (κ2) is 8.85. The summed E-state index contributed by atoms with van der Waals surface area (Å²) in [6.07, 6.45) is -3.56. The van der Waals surface area contributed by atoms with Crippen LogP contribution in [0.25, 0.3) is 0 Å². The standard InChI is InChI=1S/C18H16ClF3N2O3/c1-2-13(11-6-4-3-5-7-11)17(26)27-10-15(25)24-16-14(19)8-12(9-23-16)18(20,21)22/h3-9,13H,2,10H2,1H3,(H,23,24,25). The highest BCUT2D eigenvalue weighted by Crippen LogP contribution is 2.32. The highest BCUT2D eigenvalue weighted by atomic mass is 35.5. The van der Waals surface area contributed by atoms with Crippen LogP contribution in [0.3, 0.4) is 0 Å². The number of alkyl halides is 3. The number of pyridine rings is 1. The zero-order valence-electron chi connectivity index (χ0n) is 14.2. The van der Waals surface area contributed by atoms with Gasteiger partial charge in [0.05, 0.1) is 16.5 Å². The van der Waals surface area contributed by atoms with E-state index < -0.39 is 36.1 Å². The molecule has 1 amide bonds. The van der Waals surface area contributed by atoms with E-state index in [0.717, 1.165) is 5.56 Å². The zero-order valence-corrected chi connectivity index (χ0v) is 15.0. The van der Waals surface area contributed by atoms with Gasteiger partial charge in [0.2, 0.25) is 0 Å². The topological polar surface area (TPSA) is 68.3 Å². The van der Waals surface area contributed by atoms with E-state index in [1.54, 1.807) is 24.3 Å². The molecule has 9 heteroatoms. The van der Waals surface area contributed by atoms with Crippen molar-refractivity contribution < 1.29 is 27.5 Å². The maximum absolute atomic E-state index is 12.6. The summed E-state index contributed by atoms with van der Waals surface area (Å²) < 4.78 is 42.7. The van der Waals surface area contributed by atoms with Gasteiger partial charge in [0.1, 0.15) is 0 Å². The lowest BCUT2D eigenvalue weighted by Crippen LogP contribution is -2.24. The van der Waals surface area contributed by atoms with Crippen molar-refractivity contribution in [2.45, 2.75) is 25.4 Å². The van der Waals surface area contributed by atoms with Crippen LogP contribution in [0, 0.1) is 0 Å². The number of halogens is 4. The molecule has 1 atom stereocenters. The number of hydrogen-bond donors (Lipinski definition) is 1. The number of ether oxygens (including phenoxy) is 1. The minimum Gasteiger partial charge on any atom is -0.455 e. The molecule has 0 saturated carbocycles. The predicted octanol–water partition coefficient (Wildman–Crippen LogP) is 4.43.